The fraction of sp³-hybridized carbons (Fsp3) is 0.0526. The van der Waals surface area contributed by atoms with E-state index in [0.717, 1.165) is 6.07 Å². The highest BCUT2D eigenvalue weighted by Crippen LogP contribution is 2.27. The molecule has 3 rings (SSSR count). The number of carbonyl (C=O) groups excluding carboxylic acids is 1. The summed E-state index contributed by atoms with van der Waals surface area (Å²) in [6, 6.07) is 9.97. The van der Waals surface area contributed by atoms with E-state index in [4.69, 9.17) is 9.15 Å². The van der Waals surface area contributed by atoms with Crippen molar-refractivity contribution in [2.45, 2.75) is 0 Å². The maximum absolute atomic E-state index is 12.5. The van der Waals surface area contributed by atoms with Crippen LogP contribution < -0.4 is 10.4 Å². The van der Waals surface area contributed by atoms with E-state index in [2.05, 4.69) is 0 Å². The zero-order valence-corrected chi connectivity index (χ0v) is 13.2. The maximum atomic E-state index is 12.5. The van der Waals surface area contributed by atoms with Gasteiger partial charge < -0.3 is 19.4 Å². The van der Waals surface area contributed by atoms with E-state index < -0.39 is 11.4 Å². The van der Waals surface area contributed by atoms with Crippen LogP contribution in [0.2, 0.25) is 0 Å². The van der Waals surface area contributed by atoms with Crippen molar-refractivity contribution in [3.8, 4) is 17.2 Å². The summed E-state index contributed by atoms with van der Waals surface area (Å²) >= 11 is 0. The highest BCUT2D eigenvalue weighted by molar-refractivity contribution is 6.14. The monoisotopic (exact) mass is 338 g/mol. The first kappa shape index (κ1) is 16.3. The number of fused-ring (bicyclic) bond motifs is 1. The number of phenols is 2. The molecule has 1 heterocycles. The van der Waals surface area contributed by atoms with Gasteiger partial charge in [0.25, 0.3) is 0 Å². The lowest BCUT2D eigenvalue weighted by molar-refractivity contribution is 0.104. The Balaban J connectivity index is 1.99. The Morgan fingerprint density at radius 1 is 1.12 bits per heavy atom. The quantitative estimate of drug-likeness (QED) is 0.431. The van der Waals surface area contributed by atoms with Crippen LogP contribution in [0.1, 0.15) is 15.9 Å². The minimum atomic E-state index is -0.679. The molecule has 0 fully saturated rings. The number of hydrogen-bond acceptors (Lipinski definition) is 6. The first-order valence-electron chi connectivity index (χ1n) is 7.34. The molecule has 0 spiro atoms. The highest BCUT2D eigenvalue weighted by Gasteiger charge is 2.11. The van der Waals surface area contributed by atoms with Crippen molar-refractivity contribution in [3.63, 3.8) is 0 Å². The van der Waals surface area contributed by atoms with Crippen LogP contribution in [0.4, 0.5) is 0 Å². The molecule has 0 atom stereocenters. The smallest absolute Gasteiger partial charge is 0.336 e. The molecule has 6 heteroatoms. The zero-order chi connectivity index (χ0) is 18.0. The van der Waals surface area contributed by atoms with Crippen molar-refractivity contribution in [1.82, 2.24) is 0 Å². The Morgan fingerprint density at radius 3 is 2.68 bits per heavy atom. The SMILES string of the molecule is COc1cc(/C=C/C(=O)c2cc(=O)oc3cc(O)ccc23)ccc1O. The summed E-state index contributed by atoms with van der Waals surface area (Å²) in [6.07, 6.45) is 2.86. The van der Waals surface area contributed by atoms with Gasteiger partial charge in [0.05, 0.1) is 7.11 Å². The molecule has 3 aromatic rings. The summed E-state index contributed by atoms with van der Waals surface area (Å²) in [7, 11) is 1.43. The van der Waals surface area contributed by atoms with E-state index in [9.17, 15) is 19.8 Å². The number of ether oxygens (including phenoxy) is 1. The molecule has 0 aliphatic rings. The molecule has 6 nitrogen and oxygen atoms in total. The first-order valence-corrected chi connectivity index (χ1v) is 7.34. The maximum Gasteiger partial charge on any atom is 0.336 e. The molecule has 126 valence electrons. The lowest BCUT2D eigenvalue weighted by Crippen LogP contribution is -2.04. The van der Waals surface area contributed by atoms with Gasteiger partial charge in [-0.15, -0.1) is 0 Å². The van der Waals surface area contributed by atoms with Gasteiger partial charge in [-0.25, -0.2) is 4.79 Å². The largest absolute Gasteiger partial charge is 0.508 e. The molecular formula is C19H14O6. The predicted molar refractivity (Wildman–Crippen MR) is 92.2 cm³/mol. The number of benzene rings is 2. The molecule has 25 heavy (non-hydrogen) atoms. The summed E-state index contributed by atoms with van der Waals surface area (Å²) in [5.41, 5.74) is 0.276. The summed E-state index contributed by atoms with van der Waals surface area (Å²) in [5, 5.41) is 19.5. The van der Waals surface area contributed by atoms with Gasteiger partial charge in [0, 0.05) is 23.1 Å². The molecule has 0 radical (unpaired) electrons. The van der Waals surface area contributed by atoms with Gasteiger partial charge in [-0.3, -0.25) is 4.79 Å². The summed E-state index contributed by atoms with van der Waals surface area (Å²) in [4.78, 5) is 24.1. The fourth-order valence-electron chi connectivity index (χ4n) is 2.41. The predicted octanol–water partition coefficient (Wildman–Crippen LogP) is 3.11. The number of phenolic OH excluding ortho intramolecular Hbond substituents is 2. The first-order chi connectivity index (χ1) is 12.0. The Morgan fingerprint density at radius 2 is 1.92 bits per heavy atom. The Labute approximate surface area is 142 Å². The second kappa shape index (κ2) is 6.52. The van der Waals surface area contributed by atoms with Crippen LogP contribution in [0, 0.1) is 0 Å². The van der Waals surface area contributed by atoms with E-state index in [-0.39, 0.29) is 28.4 Å². The number of ketones is 1. The minimum Gasteiger partial charge on any atom is -0.508 e. The molecular weight excluding hydrogens is 324 g/mol. The number of allylic oxidation sites excluding steroid dienone is 1. The number of hydrogen-bond donors (Lipinski definition) is 2. The molecule has 0 saturated carbocycles. The van der Waals surface area contributed by atoms with Crippen LogP contribution in [-0.4, -0.2) is 23.1 Å². The third kappa shape index (κ3) is 3.37. The van der Waals surface area contributed by atoms with Gasteiger partial charge in [-0.2, -0.15) is 0 Å². The normalized spacial score (nSPS) is 11.1. The van der Waals surface area contributed by atoms with Gasteiger partial charge in [-0.1, -0.05) is 12.1 Å². The number of aromatic hydroxyl groups is 2. The topological polar surface area (TPSA) is 97.0 Å². The highest BCUT2D eigenvalue weighted by atomic mass is 16.5. The van der Waals surface area contributed by atoms with Gasteiger partial charge in [0.1, 0.15) is 11.3 Å². The molecule has 0 unspecified atom stereocenters. The number of rotatable bonds is 4. The molecule has 0 bridgehead atoms. The summed E-state index contributed by atoms with van der Waals surface area (Å²) < 4.78 is 10.0. The van der Waals surface area contributed by atoms with Crippen molar-refractivity contribution >= 4 is 22.8 Å². The molecule has 1 aromatic heterocycles. The average molecular weight is 338 g/mol. The number of carbonyl (C=O) groups is 1. The third-order valence-corrected chi connectivity index (χ3v) is 3.62. The second-order valence-electron chi connectivity index (χ2n) is 5.29. The van der Waals surface area contributed by atoms with E-state index in [1.54, 1.807) is 18.2 Å². The van der Waals surface area contributed by atoms with Gasteiger partial charge in [-0.05, 0) is 35.9 Å². The molecule has 0 amide bonds. The van der Waals surface area contributed by atoms with Crippen molar-refractivity contribution in [1.29, 1.82) is 0 Å². The molecule has 0 aliphatic heterocycles. The van der Waals surface area contributed by atoms with Crippen LogP contribution in [0.25, 0.3) is 17.0 Å². The average Bonchev–Trinajstić information content (AvgIpc) is 2.59. The second-order valence-corrected chi connectivity index (χ2v) is 5.29. The molecule has 0 saturated heterocycles. The lowest BCUT2D eigenvalue weighted by Gasteiger charge is -2.04. The van der Waals surface area contributed by atoms with E-state index in [1.807, 2.05) is 0 Å². The van der Waals surface area contributed by atoms with Crippen LogP contribution in [0.5, 0.6) is 17.2 Å². The summed E-state index contributed by atoms with van der Waals surface area (Å²) in [6.45, 7) is 0. The van der Waals surface area contributed by atoms with E-state index in [1.165, 1.54) is 37.5 Å². The van der Waals surface area contributed by atoms with Crippen LogP contribution in [-0.2, 0) is 0 Å². The van der Waals surface area contributed by atoms with Crippen molar-refractivity contribution in [2.24, 2.45) is 0 Å². The Hall–Kier alpha value is -3.54. The van der Waals surface area contributed by atoms with Crippen LogP contribution in [0.3, 0.4) is 0 Å². The van der Waals surface area contributed by atoms with Crippen LogP contribution in [0.15, 0.2) is 57.8 Å². The minimum absolute atomic E-state index is 0.00236. The standard InChI is InChI=1S/C19H14O6/c1-24-18-8-11(3-7-16(18)22)2-6-15(21)14-10-19(23)25-17-9-12(20)4-5-13(14)17/h2-10,20,22H,1H3/b6-2+. The van der Waals surface area contributed by atoms with E-state index >= 15 is 0 Å². The number of methoxy groups -OCH3 is 1. The van der Waals surface area contributed by atoms with Gasteiger partial charge >= 0.3 is 5.63 Å². The van der Waals surface area contributed by atoms with Crippen molar-refractivity contribution in [2.75, 3.05) is 7.11 Å². The Kier molecular flexibility index (Phi) is 4.26. The summed E-state index contributed by atoms with van der Waals surface area (Å²) in [5.74, 6) is -0.170. The van der Waals surface area contributed by atoms with E-state index in [0.29, 0.717) is 10.9 Å². The molecule has 0 aliphatic carbocycles. The lowest BCUT2D eigenvalue weighted by atomic mass is 10.0. The van der Waals surface area contributed by atoms with Crippen molar-refractivity contribution < 1.29 is 24.2 Å². The third-order valence-electron chi connectivity index (χ3n) is 3.62. The van der Waals surface area contributed by atoms with Gasteiger partial charge in [0.2, 0.25) is 0 Å². The van der Waals surface area contributed by atoms with Crippen LogP contribution >= 0.6 is 0 Å². The van der Waals surface area contributed by atoms with Crippen molar-refractivity contribution in [3.05, 3.63) is 70.1 Å². The van der Waals surface area contributed by atoms with Gasteiger partial charge in [0.15, 0.2) is 17.3 Å². The molecule has 2 aromatic carbocycles. The Bertz CT molecular complexity index is 1050. The molecule has 2 N–H and O–H groups in total. The zero-order valence-electron chi connectivity index (χ0n) is 13.2. The fourth-order valence-corrected chi connectivity index (χ4v) is 2.41.